The molecule has 0 amide bonds. The number of rotatable bonds is 4. The first-order valence-electron chi connectivity index (χ1n) is 11.4. The third kappa shape index (κ3) is 4.15. The van der Waals surface area contributed by atoms with E-state index in [-0.39, 0.29) is 5.88 Å². The number of pyridine rings is 1. The minimum absolute atomic E-state index is 0.0441. The number of carboxylic acids is 1. The average Bonchev–Trinajstić information content (AvgIpc) is 2.74. The highest BCUT2D eigenvalue weighted by atomic mass is 16.5. The molecule has 2 aromatic carbocycles. The molecule has 1 aromatic heterocycles. The van der Waals surface area contributed by atoms with Crippen molar-refractivity contribution >= 4 is 22.6 Å². The lowest BCUT2D eigenvalue weighted by Gasteiger charge is -2.30. The number of fused-ring (bicyclic) bond motifs is 3. The number of benzene rings is 2. The second kappa shape index (κ2) is 8.34. The summed E-state index contributed by atoms with van der Waals surface area (Å²) in [4.78, 5) is 17.1. The molecule has 33 heavy (non-hydrogen) atoms. The lowest BCUT2D eigenvalue weighted by molar-refractivity contribution is -0.160. The predicted molar refractivity (Wildman–Crippen MR) is 131 cm³/mol. The van der Waals surface area contributed by atoms with Crippen LogP contribution in [0.2, 0.25) is 0 Å². The summed E-state index contributed by atoms with van der Waals surface area (Å²) in [5, 5.41) is 25.2. The number of aromatic nitrogens is 1. The normalized spacial score (nSPS) is 14.6. The van der Waals surface area contributed by atoms with Crippen molar-refractivity contribution in [1.82, 2.24) is 4.98 Å². The van der Waals surface area contributed by atoms with Crippen LogP contribution in [0, 0.1) is 20.8 Å². The number of hydrogen-bond donors (Lipinski definition) is 3. The van der Waals surface area contributed by atoms with Gasteiger partial charge in [-0.05, 0) is 82.2 Å². The van der Waals surface area contributed by atoms with Crippen LogP contribution in [0.4, 0.5) is 5.69 Å². The van der Waals surface area contributed by atoms with E-state index in [1.165, 1.54) is 0 Å². The largest absolute Gasteiger partial charge is 0.492 e. The molecule has 1 aliphatic rings. The number of ether oxygens (including phenoxy) is 1. The molecule has 3 N–H and O–H groups in total. The molecule has 1 atom stereocenters. The number of aryl methyl sites for hydroxylation is 4. The Labute approximate surface area is 194 Å². The number of anilines is 1. The van der Waals surface area contributed by atoms with Gasteiger partial charge in [0.2, 0.25) is 5.88 Å². The summed E-state index contributed by atoms with van der Waals surface area (Å²) in [6.07, 6.45) is 0.599. The monoisotopic (exact) mass is 448 g/mol. The van der Waals surface area contributed by atoms with E-state index in [2.05, 4.69) is 10.3 Å². The molecular weight excluding hydrogens is 416 g/mol. The highest BCUT2D eigenvalue weighted by Gasteiger charge is 2.34. The average molecular weight is 449 g/mol. The molecule has 174 valence electrons. The highest BCUT2D eigenvalue weighted by molar-refractivity contribution is 6.00. The van der Waals surface area contributed by atoms with Gasteiger partial charge in [-0.3, -0.25) is 0 Å². The second-order valence-corrected chi connectivity index (χ2v) is 9.90. The van der Waals surface area contributed by atoms with Gasteiger partial charge in [-0.2, -0.15) is 0 Å². The number of hydrogen-bond acceptors (Lipinski definition) is 5. The van der Waals surface area contributed by atoms with Crippen LogP contribution < -0.4 is 5.32 Å². The number of nitrogens with one attached hydrogen (secondary N) is 1. The maximum atomic E-state index is 12.5. The molecule has 0 radical (unpaired) electrons. The van der Waals surface area contributed by atoms with Crippen LogP contribution in [-0.2, 0) is 16.0 Å². The van der Waals surface area contributed by atoms with Crippen molar-refractivity contribution in [3.8, 4) is 17.0 Å². The van der Waals surface area contributed by atoms with Crippen molar-refractivity contribution < 1.29 is 19.7 Å². The Morgan fingerprint density at radius 1 is 1.12 bits per heavy atom. The second-order valence-electron chi connectivity index (χ2n) is 9.90. The van der Waals surface area contributed by atoms with Crippen molar-refractivity contribution in [1.29, 1.82) is 0 Å². The predicted octanol–water partition coefficient (Wildman–Crippen LogP) is 5.83. The number of nitrogens with zero attached hydrogens (tertiary/aromatic N) is 1. The van der Waals surface area contributed by atoms with E-state index in [1.807, 2.05) is 65.8 Å². The Hall–Kier alpha value is -3.12. The van der Waals surface area contributed by atoms with Crippen LogP contribution in [0.1, 0.15) is 61.1 Å². The SMILES string of the molecule is Cc1ccc(-c2c([C@H](OC(C)(C)C)C(=O)O)c(C)c3nc(O)c4c(c3c2C)CCCN4)cc1. The Morgan fingerprint density at radius 2 is 1.79 bits per heavy atom. The fourth-order valence-electron chi connectivity index (χ4n) is 4.86. The molecule has 2 heterocycles. The lowest BCUT2D eigenvalue weighted by atomic mass is 9.83. The summed E-state index contributed by atoms with van der Waals surface area (Å²) in [5.74, 6) is -1.10. The Kier molecular flexibility index (Phi) is 5.83. The number of carboxylic acid groups (broad SMARTS) is 1. The molecule has 1 aliphatic heterocycles. The zero-order chi connectivity index (χ0) is 24.1. The van der Waals surface area contributed by atoms with Gasteiger partial charge in [-0.1, -0.05) is 29.8 Å². The Balaban J connectivity index is 2.15. The van der Waals surface area contributed by atoms with Gasteiger partial charge in [0.15, 0.2) is 6.10 Å². The van der Waals surface area contributed by atoms with E-state index in [9.17, 15) is 15.0 Å². The third-order valence-electron chi connectivity index (χ3n) is 6.26. The van der Waals surface area contributed by atoms with E-state index in [0.717, 1.165) is 52.6 Å². The maximum absolute atomic E-state index is 12.5. The number of aliphatic carboxylic acids is 1. The fourth-order valence-corrected chi connectivity index (χ4v) is 4.86. The van der Waals surface area contributed by atoms with Crippen LogP contribution in [0.5, 0.6) is 5.88 Å². The zero-order valence-corrected chi connectivity index (χ0v) is 20.2. The first-order chi connectivity index (χ1) is 15.5. The van der Waals surface area contributed by atoms with Gasteiger partial charge in [0.25, 0.3) is 0 Å². The van der Waals surface area contributed by atoms with Crippen molar-refractivity contribution in [2.75, 3.05) is 11.9 Å². The molecule has 0 bridgehead atoms. The molecule has 6 heteroatoms. The van der Waals surface area contributed by atoms with Gasteiger partial charge in [-0.15, -0.1) is 0 Å². The zero-order valence-electron chi connectivity index (χ0n) is 20.2. The van der Waals surface area contributed by atoms with Crippen LogP contribution >= 0.6 is 0 Å². The molecule has 6 nitrogen and oxygen atoms in total. The smallest absolute Gasteiger partial charge is 0.337 e. The van der Waals surface area contributed by atoms with Crippen molar-refractivity contribution in [3.05, 3.63) is 52.1 Å². The van der Waals surface area contributed by atoms with Gasteiger partial charge >= 0.3 is 5.97 Å². The molecule has 0 aliphatic carbocycles. The van der Waals surface area contributed by atoms with E-state index >= 15 is 0 Å². The van der Waals surface area contributed by atoms with Gasteiger partial charge < -0.3 is 20.3 Å². The van der Waals surface area contributed by atoms with E-state index in [1.54, 1.807) is 0 Å². The summed E-state index contributed by atoms with van der Waals surface area (Å²) < 4.78 is 6.10. The topological polar surface area (TPSA) is 91.7 Å². The van der Waals surface area contributed by atoms with Crippen LogP contribution in [-0.4, -0.2) is 33.3 Å². The highest BCUT2D eigenvalue weighted by Crippen LogP contribution is 2.45. The van der Waals surface area contributed by atoms with E-state index < -0.39 is 17.7 Å². The van der Waals surface area contributed by atoms with Gasteiger partial charge in [-0.25, -0.2) is 9.78 Å². The van der Waals surface area contributed by atoms with Gasteiger partial charge in [0, 0.05) is 17.5 Å². The van der Waals surface area contributed by atoms with Crippen LogP contribution in [0.25, 0.3) is 22.0 Å². The van der Waals surface area contributed by atoms with E-state index in [0.29, 0.717) is 22.3 Å². The van der Waals surface area contributed by atoms with E-state index in [4.69, 9.17) is 4.74 Å². The summed E-state index contributed by atoms with van der Waals surface area (Å²) in [6.45, 7) is 12.3. The molecule has 0 saturated carbocycles. The number of carbonyl (C=O) groups is 1. The number of aromatic hydroxyl groups is 1. The molecule has 0 unspecified atom stereocenters. The van der Waals surface area contributed by atoms with Crippen molar-refractivity contribution in [2.45, 2.75) is 66.1 Å². The molecule has 0 spiro atoms. The molecular formula is C27H32N2O4. The summed E-state index contributed by atoms with van der Waals surface area (Å²) in [7, 11) is 0. The summed E-state index contributed by atoms with van der Waals surface area (Å²) >= 11 is 0. The third-order valence-corrected chi connectivity index (χ3v) is 6.26. The quantitative estimate of drug-likeness (QED) is 0.465. The van der Waals surface area contributed by atoms with Crippen molar-refractivity contribution in [3.63, 3.8) is 0 Å². The van der Waals surface area contributed by atoms with Crippen molar-refractivity contribution in [2.24, 2.45) is 0 Å². The lowest BCUT2D eigenvalue weighted by Crippen LogP contribution is -2.28. The molecule has 3 aromatic rings. The standard InChI is InChI=1S/C27H32N2O4/c1-14-9-11-17(12-10-14)19-15(2)20-18-8-7-13-28-23(18)25(30)29-22(20)16(3)21(19)24(26(31)32)33-27(4,5)6/h9-12,24,28H,7-8,13H2,1-6H3,(H,29,30)(H,31,32)/t24-/m0/s1. The van der Waals surface area contributed by atoms with Gasteiger partial charge in [0.1, 0.15) is 5.69 Å². The first-order valence-corrected chi connectivity index (χ1v) is 11.4. The Bertz CT molecular complexity index is 1240. The molecule has 4 rings (SSSR count). The minimum atomic E-state index is -1.18. The van der Waals surface area contributed by atoms with Crippen LogP contribution in [0.3, 0.4) is 0 Å². The summed E-state index contributed by atoms with van der Waals surface area (Å²) in [6, 6.07) is 8.12. The Morgan fingerprint density at radius 3 is 2.39 bits per heavy atom. The molecule has 0 saturated heterocycles. The van der Waals surface area contributed by atoms with Gasteiger partial charge in [0.05, 0.1) is 11.1 Å². The summed E-state index contributed by atoms with van der Waals surface area (Å²) in [5.41, 5.74) is 6.85. The van der Waals surface area contributed by atoms with Crippen LogP contribution in [0.15, 0.2) is 24.3 Å². The maximum Gasteiger partial charge on any atom is 0.337 e. The molecule has 0 fully saturated rings. The first kappa shape index (κ1) is 23.1. The fraction of sp³-hybridized carbons (Fsp3) is 0.407. The minimum Gasteiger partial charge on any atom is -0.492 e.